The maximum absolute atomic E-state index is 5.93. The number of hydrogen-bond donors (Lipinski definition) is 0. The van der Waals surface area contributed by atoms with Crippen molar-refractivity contribution in [2.45, 2.75) is 13.0 Å². The second-order valence-electron chi connectivity index (χ2n) is 5.42. The summed E-state index contributed by atoms with van der Waals surface area (Å²) in [7, 11) is 2.03. The van der Waals surface area contributed by atoms with E-state index in [-0.39, 0.29) is 0 Å². The molecule has 24 heavy (non-hydrogen) atoms. The van der Waals surface area contributed by atoms with E-state index in [1.165, 1.54) is 0 Å². The monoisotopic (exact) mass is 363 g/mol. The van der Waals surface area contributed by atoms with E-state index in [4.69, 9.17) is 20.9 Å². The van der Waals surface area contributed by atoms with Crippen molar-refractivity contribution in [1.82, 2.24) is 15.0 Å². The van der Waals surface area contributed by atoms with Crippen LogP contribution in [0.3, 0.4) is 0 Å². The molecule has 0 unspecified atom stereocenters. The van der Waals surface area contributed by atoms with Gasteiger partial charge in [-0.1, -0.05) is 22.8 Å². The summed E-state index contributed by atoms with van der Waals surface area (Å²) in [6, 6.07) is 9.40. The van der Waals surface area contributed by atoms with Gasteiger partial charge in [-0.05, 0) is 43.1 Å². The van der Waals surface area contributed by atoms with Crippen LogP contribution >= 0.6 is 22.9 Å². The average Bonchev–Trinajstić information content (AvgIpc) is 3.23. The first kappa shape index (κ1) is 17.0. The SMILES string of the molecule is CN(CCCOc1cccc(Cl)c1)Cc1noc(-c2ccsc2)n1. The number of ether oxygens (including phenoxy) is 1. The van der Waals surface area contributed by atoms with Gasteiger partial charge in [0.15, 0.2) is 5.82 Å². The van der Waals surface area contributed by atoms with Crippen molar-refractivity contribution < 1.29 is 9.26 Å². The van der Waals surface area contributed by atoms with Crippen LogP contribution in [0.5, 0.6) is 5.75 Å². The summed E-state index contributed by atoms with van der Waals surface area (Å²) >= 11 is 7.54. The molecule has 0 saturated heterocycles. The van der Waals surface area contributed by atoms with Crippen molar-refractivity contribution in [1.29, 1.82) is 0 Å². The highest BCUT2D eigenvalue weighted by atomic mass is 35.5. The van der Waals surface area contributed by atoms with Crippen LogP contribution in [0, 0.1) is 0 Å². The van der Waals surface area contributed by atoms with Crippen molar-refractivity contribution in [3.8, 4) is 17.2 Å². The molecule has 2 aromatic heterocycles. The zero-order valence-corrected chi connectivity index (χ0v) is 14.9. The zero-order chi connectivity index (χ0) is 16.8. The molecule has 0 bridgehead atoms. The first-order valence-electron chi connectivity index (χ1n) is 7.63. The topological polar surface area (TPSA) is 51.4 Å². The molecule has 0 amide bonds. The van der Waals surface area contributed by atoms with Gasteiger partial charge in [-0.15, -0.1) is 0 Å². The highest BCUT2D eigenvalue weighted by Gasteiger charge is 2.10. The summed E-state index contributed by atoms with van der Waals surface area (Å²) in [6.07, 6.45) is 0.901. The molecule has 0 atom stereocenters. The molecule has 0 radical (unpaired) electrons. The van der Waals surface area contributed by atoms with Gasteiger partial charge < -0.3 is 9.26 Å². The van der Waals surface area contributed by atoms with Crippen LogP contribution in [0.1, 0.15) is 12.2 Å². The van der Waals surface area contributed by atoms with Gasteiger partial charge >= 0.3 is 0 Å². The minimum absolute atomic E-state index is 0.573. The first-order chi connectivity index (χ1) is 11.7. The van der Waals surface area contributed by atoms with Crippen LogP contribution in [0.15, 0.2) is 45.6 Å². The summed E-state index contributed by atoms with van der Waals surface area (Å²) in [5.74, 6) is 2.06. The maximum Gasteiger partial charge on any atom is 0.258 e. The first-order valence-corrected chi connectivity index (χ1v) is 8.95. The molecule has 126 valence electrons. The number of rotatable bonds is 8. The van der Waals surface area contributed by atoms with Crippen molar-refractivity contribution in [3.63, 3.8) is 0 Å². The molecule has 0 aliphatic rings. The van der Waals surface area contributed by atoms with Gasteiger partial charge in [0, 0.05) is 16.9 Å². The molecule has 5 nitrogen and oxygen atoms in total. The predicted molar refractivity (Wildman–Crippen MR) is 95.5 cm³/mol. The van der Waals surface area contributed by atoms with E-state index in [0.717, 1.165) is 24.3 Å². The predicted octanol–water partition coefficient (Wildman–Crippen LogP) is 4.35. The Kier molecular flexibility index (Phi) is 5.85. The van der Waals surface area contributed by atoms with E-state index >= 15 is 0 Å². The molecule has 0 aliphatic heterocycles. The maximum atomic E-state index is 5.93. The van der Waals surface area contributed by atoms with Crippen LogP contribution < -0.4 is 4.74 Å². The summed E-state index contributed by atoms with van der Waals surface area (Å²) in [6.45, 7) is 2.16. The molecular formula is C17H18ClN3O2S. The second kappa shape index (κ2) is 8.28. The number of halogens is 1. The van der Waals surface area contributed by atoms with Crippen molar-refractivity contribution in [3.05, 3.63) is 51.9 Å². The van der Waals surface area contributed by atoms with Crippen LogP contribution in [-0.2, 0) is 6.54 Å². The fraction of sp³-hybridized carbons (Fsp3) is 0.294. The van der Waals surface area contributed by atoms with Crippen LogP contribution in [-0.4, -0.2) is 35.2 Å². The van der Waals surface area contributed by atoms with Crippen LogP contribution in [0.4, 0.5) is 0 Å². The van der Waals surface area contributed by atoms with Crippen molar-refractivity contribution in [2.75, 3.05) is 20.2 Å². The lowest BCUT2D eigenvalue weighted by molar-refractivity contribution is 0.253. The number of hydrogen-bond acceptors (Lipinski definition) is 6. The Labute approximate surface area is 149 Å². The summed E-state index contributed by atoms with van der Waals surface area (Å²) in [4.78, 5) is 6.56. The number of thiophene rings is 1. The van der Waals surface area contributed by atoms with Gasteiger partial charge in [-0.2, -0.15) is 16.3 Å². The van der Waals surface area contributed by atoms with Gasteiger partial charge in [0.1, 0.15) is 5.75 Å². The van der Waals surface area contributed by atoms with E-state index in [0.29, 0.717) is 29.9 Å². The highest BCUT2D eigenvalue weighted by Crippen LogP contribution is 2.20. The molecule has 2 heterocycles. The van der Waals surface area contributed by atoms with Gasteiger partial charge in [0.25, 0.3) is 5.89 Å². The van der Waals surface area contributed by atoms with Gasteiger partial charge in [0.05, 0.1) is 18.7 Å². The highest BCUT2D eigenvalue weighted by molar-refractivity contribution is 7.08. The Hall–Kier alpha value is -1.89. The average molecular weight is 364 g/mol. The van der Waals surface area contributed by atoms with Gasteiger partial charge in [0.2, 0.25) is 0 Å². The quantitative estimate of drug-likeness (QED) is 0.557. The molecule has 1 aromatic carbocycles. The minimum atomic E-state index is 0.573. The molecule has 0 fully saturated rings. The lowest BCUT2D eigenvalue weighted by atomic mass is 10.3. The van der Waals surface area contributed by atoms with E-state index in [1.54, 1.807) is 11.3 Å². The third-order valence-corrected chi connectivity index (χ3v) is 4.31. The van der Waals surface area contributed by atoms with E-state index < -0.39 is 0 Å². The Morgan fingerprint density at radius 1 is 1.33 bits per heavy atom. The fourth-order valence-electron chi connectivity index (χ4n) is 2.22. The third-order valence-electron chi connectivity index (χ3n) is 3.40. The summed E-state index contributed by atoms with van der Waals surface area (Å²) < 4.78 is 11.0. The zero-order valence-electron chi connectivity index (χ0n) is 13.3. The third kappa shape index (κ3) is 4.80. The number of aromatic nitrogens is 2. The molecule has 3 rings (SSSR count). The van der Waals surface area contributed by atoms with E-state index in [1.807, 2.05) is 48.1 Å². The largest absolute Gasteiger partial charge is 0.493 e. The van der Waals surface area contributed by atoms with Crippen LogP contribution in [0.2, 0.25) is 5.02 Å². The van der Waals surface area contributed by atoms with Crippen LogP contribution in [0.25, 0.3) is 11.5 Å². The van der Waals surface area contributed by atoms with E-state index in [9.17, 15) is 0 Å². The molecule has 0 N–H and O–H groups in total. The molecule has 3 aromatic rings. The Morgan fingerprint density at radius 2 is 2.25 bits per heavy atom. The molecule has 7 heteroatoms. The van der Waals surface area contributed by atoms with Gasteiger partial charge in [-0.25, -0.2) is 0 Å². The normalized spacial score (nSPS) is 11.1. The summed E-state index contributed by atoms with van der Waals surface area (Å²) in [5.41, 5.74) is 0.969. The van der Waals surface area contributed by atoms with E-state index in [2.05, 4.69) is 15.0 Å². The molecule has 0 spiro atoms. The molecule has 0 saturated carbocycles. The Bertz CT molecular complexity index is 761. The summed E-state index contributed by atoms with van der Waals surface area (Å²) in [5, 5.41) is 8.70. The lowest BCUT2D eigenvalue weighted by Crippen LogP contribution is -2.21. The Balaban J connectivity index is 1.40. The molecule has 0 aliphatic carbocycles. The second-order valence-corrected chi connectivity index (χ2v) is 6.64. The number of benzene rings is 1. The standard InChI is InChI=1S/C17H18ClN3O2S/c1-21(7-3-8-22-15-5-2-4-14(18)10-15)11-16-19-17(23-20-16)13-6-9-24-12-13/h2,4-6,9-10,12H,3,7-8,11H2,1H3. The molecular weight excluding hydrogens is 346 g/mol. The van der Waals surface area contributed by atoms with Crippen molar-refractivity contribution >= 4 is 22.9 Å². The van der Waals surface area contributed by atoms with Gasteiger partial charge in [-0.3, -0.25) is 4.90 Å². The Morgan fingerprint density at radius 3 is 3.04 bits per heavy atom. The lowest BCUT2D eigenvalue weighted by Gasteiger charge is -2.14. The number of nitrogens with zero attached hydrogens (tertiary/aromatic N) is 3. The minimum Gasteiger partial charge on any atom is -0.493 e. The smallest absolute Gasteiger partial charge is 0.258 e. The fourth-order valence-corrected chi connectivity index (χ4v) is 3.03. The van der Waals surface area contributed by atoms with Crippen molar-refractivity contribution in [2.24, 2.45) is 0 Å².